The van der Waals surface area contributed by atoms with Crippen molar-refractivity contribution >= 4 is 29.2 Å². The molecule has 2 aliphatic rings. The van der Waals surface area contributed by atoms with Crippen molar-refractivity contribution in [2.45, 2.75) is 24.9 Å². The van der Waals surface area contributed by atoms with Crippen LogP contribution >= 0.6 is 11.6 Å². The molecule has 8 heteroatoms. The lowest BCUT2D eigenvalue weighted by atomic mass is 10.0. The normalized spacial score (nSPS) is 21.9. The van der Waals surface area contributed by atoms with Gasteiger partial charge in [-0.1, -0.05) is 48.0 Å². The van der Waals surface area contributed by atoms with Crippen LogP contribution in [0.4, 0.5) is 10.5 Å². The summed E-state index contributed by atoms with van der Waals surface area (Å²) in [5.41, 5.74) is 8.21. The van der Waals surface area contributed by atoms with E-state index in [1.807, 2.05) is 23.1 Å². The average Bonchev–Trinajstić information content (AvgIpc) is 3.12. The van der Waals surface area contributed by atoms with Crippen LogP contribution in [0.1, 0.15) is 24.4 Å². The van der Waals surface area contributed by atoms with E-state index in [0.29, 0.717) is 43.3 Å². The maximum Gasteiger partial charge on any atom is 0.321 e. The SMILES string of the molecule is O=C(Nc1cccc(Cl)c1)N1CCCN(C(=O)C2CC(c3ccccc3)NN2)CC1. The largest absolute Gasteiger partial charge is 0.339 e. The Balaban J connectivity index is 1.30. The van der Waals surface area contributed by atoms with E-state index in [-0.39, 0.29) is 24.0 Å². The Bertz CT molecular complexity index is 894. The van der Waals surface area contributed by atoms with Gasteiger partial charge in [0.2, 0.25) is 5.91 Å². The summed E-state index contributed by atoms with van der Waals surface area (Å²) in [7, 11) is 0. The number of hydrogen-bond acceptors (Lipinski definition) is 4. The minimum atomic E-state index is -0.262. The summed E-state index contributed by atoms with van der Waals surface area (Å²) < 4.78 is 0. The lowest BCUT2D eigenvalue weighted by Gasteiger charge is -2.24. The van der Waals surface area contributed by atoms with Crippen LogP contribution in [0.5, 0.6) is 0 Å². The van der Waals surface area contributed by atoms with Crippen molar-refractivity contribution in [1.29, 1.82) is 0 Å². The highest BCUT2D eigenvalue weighted by molar-refractivity contribution is 6.30. The maximum absolute atomic E-state index is 13.0. The molecule has 30 heavy (non-hydrogen) atoms. The molecule has 2 fully saturated rings. The zero-order valence-electron chi connectivity index (χ0n) is 16.7. The van der Waals surface area contributed by atoms with Gasteiger partial charge in [-0.25, -0.2) is 15.6 Å². The van der Waals surface area contributed by atoms with Gasteiger partial charge in [-0.3, -0.25) is 4.79 Å². The quantitative estimate of drug-likeness (QED) is 0.703. The molecule has 0 bridgehead atoms. The predicted molar refractivity (Wildman–Crippen MR) is 117 cm³/mol. The van der Waals surface area contributed by atoms with E-state index in [0.717, 1.165) is 6.42 Å². The van der Waals surface area contributed by atoms with E-state index in [1.54, 1.807) is 29.2 Å². The summed E-state index contributed by atoms with van der Waals surface area (Å²) in [6, 6.07) is 16.9. The first-order valence-corrected chi connectivity index (χ1v) is 10.6. The van der Waals surface area contributed by atoms with E-state index in [1.165, 1.54) is 5.56 Å². The predicted octanol–water partition coefficient (Wildman–Crippen LogP) is 3.01. The van der Waals surface area contributed by atoms with Crippen molar-refractivity contribution in [2.75, 3.05) is 31.5 Å². The van der Waals surface area contributed by atoms with Gasteiger partial charge in [0.25, 0.3) is 0 Å². The molecule has 2 aromatic carbocycles. The molecule has 2 saturated heterocycles. The van der Waals surface area contributed by atoms with Crippen molar-refractivity contribution in [1.82, 2.24) is 20.7 Å². The molecule has 3 amide bonds. The maximum atomic E-state index is 13.0. The Labute approximate surface area is 181 Å². The van der Waals surface area contributed by atoms with Gasteiger partial charge in [0, 0.05) is 42.9 Å². The molecular formula is C22H26ClN5O2. The number of halogens is 1. The van der Waals surface area contributed by atoms with Crippen LogP contribution < -0.4 is 16.2 Å². The Hall–Kier alpha value is -2.61. The van der Waals surface area contributed by atoms with Crippen LogP contribution in [0.2, 0.25) is 5.02 Å². The zero-order valence-corrected chi connectivity index (χ0v) is 17.4. The molecule has 2 unspecified atom stereocenters. The Morgan fingerprint density at radius 2 is 1.70 bits per heavy atom. The molecule has 4 rings (SSSR count). The second-order valence-corrected chi connectivity index (χ2v) is 8.08. The monoisotopic (exact) mass is 427 g/mol. The number of urea groups is 1. The third-order valence-electron chi connectivity index (χ3n) is 5.57. The van der Waals surface area contributed by atoms with Crippen molar-refractivity contribution in [2.24, 2.45) is 0 Å². The van der Waals surface area contributed by atoms with Crippen LogP contribution in [-0.2, 0) is 4.79 Å². The number of rotatable bonds is 3. The lowest BCUT2D eigenvalue weighted by Crippen LogP contribution is -2.47. The van der Waals surface area contributed by atoms with Gasteiger partial charge in [-0.2, -0.15) is 0 Å². The molecular weight excluding hydrogens is 402 g/mol. The molecule has 0 spiro atoms. The van der Waals surface area contributed by atoms with Gasteiger partial charge >= 0.3 is 6.03 Å². The van der Waals surface area contributed by atoms with Crippen LogP contribution in [0, 0.1) is 0 Å². The standard InChI is InChI=1S/C22H26ClN5O2/c23-17-8-4-9-18(14-17)24-22(30)28-11-5-10-27(12-13-28)21(29)20-15-19(25-26-20)16-6-2-1-3-7-16/h1-4,6-9,14,19-20,25-26H,5,10-13,15H2,(H,24,30). The molecule has 0 aromatic heterocycles. The third-order valence-corrected chi connectivity index (χ3v) is 5.81. The number of hydrogen-bond donors (Lipinski definition) is 3. The Morgan fingerprint density at radius 1 is 0.933 bits per heavy atom. The molecule has 3 N–H and O–H groups in total. The fraction of sp³-hybridized carbons (Fsp3) is 0.364. The number of nitrogens with zero attached hydrogens (tertiary/aromatic N) is 2. The first-order chi connectivity index (χ1) is 14.6. The van der Waals surface area contributed by atoms with Crippen molar-refractivity contribution < 1.29 is 9.59 Å². The smallest absolute Gasteiger partial charge is 0.321 e. The third kappa shape index (κ3) is 4.92. The molecule has 0 radical (unpaired) electrons. The fourth-order valence-electron chi connectivity index (χ4n) is 3.95. The number of benzene rings is 2. The second kappa shape index (κ2) is 9.47. The first kappa shape index (κ1) is 20.7. The van der Waals surface area contributed by atoms with Crippen LogP contribution in [0.25, 0.3) is 0 Å². The highest BCUT2D eigenvalue weighted by Gasteiger charge is 2.33. The number of nitrogens with one attached hydrogen (secondary N) is 3. The van der Waals surface area contributed by atoms with Crippen molar-refractivity contribution in [3.05, 3.63) is 65.2 Å². The van der Waals surface area contributed by atoms with E-state index in [4.69, 9.17) is 11.6 Å². The molecule has 2 heterocycles. The summed E-state index contributed by atoms with van der Waals surface area (Å²) >= 11 is 5.99. The van der Waals surface area contributed by atoms with Gasteiger partial charge in [-0.05, 0) is 36.6 Å². The minimum Gasteiger partial charge on any atom is -0.339 e. The first-order valence-electron chi connectivity index (χ1n) is 10.3. The van der Waals surface area contributed by atoms with Crippen LogP contribution in [0.15, 0.2) is 54.6 Å². The van der Waals surface area contributed by atoms with Gasteiger partial charge in [0.1, 0.15) is 6.04 Å². The number of carbonyl (C=O) groups excluding carboxylic acids is 2. The van der Waals surface area contributed by atoms with Gasteiger partial charge in [0.15, 0.2) is 0 Å². The highest BCUT2D eigenvalue weighted by Crippen LogP contribution is 2.23. The molecule has 2 aromatic rings. The van der Waals surface area contributed by atoms with E-state index in [9.17, 15) is 9.59 Å². The molecule has 7 nitrogen and oxygen atoms in total. The number of anilines is 1. The van der Waals surface area contributed by atoms with Crippen LogP contribution in [0.3, 0.4) is 0 Å². The van der Waals surface area contributed by atoms with Gasteiger partial charge in [-0.15, -0.1) is 0 Å². The molecule has 2 aliphatic heterocycles. The second-order valence-electron chi connectivity index (χ2n) is 7.65. The van der Waals surface area contributed by atoms with Crippen LogP contribution in [-0.4, -0.2) is 54.0 Å². The Kier molecular flexibility index (Phi) is 6.52. The molecule has 0 aliphatic carbocycles. The number of amides is 3. The topological polar surface area (TPSA) is 76.7 Å². The van der Waals surface area contributed by atoms with E-state index in [2.05, 4.69) is 28.3 Å². The van der Waals surface area contributed by atoms with Crippen molar-refractivity contribution in [3.63, 3.8) is 0 Å². The minimum absolute atomic E-state index is 0.0815. The number of hydrazine groups is 1. The summed E-state index contributed by atoms with van der Waals surface area (Å²) in [4.78, 5) is 29.2. The summed E-state index contributed by atoms with van der Waals surface area (Å²) in [6.45, 7) is 2.28. The van der Waals surface area contributed by atoms with Crippen molar-refractivity contribution in [3.8, 4) is 0 Å². The zero-order chi connectivity index (χ0) is 20.9. The Morgan fingerprint density at radius 3 is 2.50 bits per heavy atom. The summed E-state index contributed by atoms with van der Waals surface area (Å²) in [6.07, 6.45) is 1.45. The fourth-order valence-corrected chi connectivity index (χ4v) is 4.14. The van der Waals surface area contributed by atoms with E-state index < -0.39 is 0 Å². The van der Waals surface area contributed by atoms with Gasteiger partial charge in [0.05, 0.1) is 0 Å². The van der Waals surface area contributed by atoms with E-state index >= 15 is 0 Å². The lowest BCUT2D eigenvalue weighted by molar-refractivity contribution is -0.133. The molecule has 2 atom stereocenters. The highest BCUT2D eigenvalue weighted by atomic mass is 35.5. The van der Waals surface area contributed by atoms with Gasteiger partial charge < -0.3 is 15.1 Å². The summed E-state index contributed by atoms with van der Waals surface area (Å²) in [5.74, 6) is 0.0815. The molecule has 158 valence electrons. The number of carbonyl (C=O) groups is 2. The summed E-state index contributed by atoms with van der Waals surface area (Å²) in [5, 5.41) is 3.46. The average molecular weight is 428 g/mol. The molecule has 0 saturated carbocycles.